The molecule has 1 saturated heterocycles. The number of benzene rings is 1. The van der Waals surface area contributed by atoms with E-state index in [-0.39, 0.29) is 5.56 Å². The molecule has 2 unspecified atom stereocenters. The van der Waals surface area contributed by atoms with Crippen LogP contribution in [0.5, 0.6) is 0 Å². The van der Waals surface area contributed by atoms with Gasteiger partial charge in [-0.15, -0.1) is 0 Å². The van der Waals surface area contributed by atoms with E-state index in [2.05, 4.69) is 5.32 Å². The van der Waals surface area contributed by atoms with Crippen molar-refractivity contribution in [2.75, 3.05) is 6.54 Å². The van der Waals surface area contributed by atoms with Crippen LogP contribution < -0.4 is 5.32 Å². The van der Waals surface area contributed by atoms with Crippen LogP contribution in [0.1, 0.15) is 18.0 Å². The van der Waals surface area contributed by atoms with Gasteiger partial charge in [-0.05, 0) is 31.2 Å². The zero-order valence-electron chi connectivity index (χ0n) is 7.50. The van der Waals surface area contributed by atoms with Gasteiger partial charge in [0.15, 0.2) is 0 Å². The van der Waals surface area contributed by atoms with Crippen molar-refractivity contribution in [2.24, 2.45) is 0 Å². The summed E-state index contributed by atoms with van der Waals surface area (Å²) in [6.45, 7) is 0.627. The van der Waals surface area contributed by atoms with Gasteiger partial charge in [0.25, 0.3) is 0 Å². The van der Waals surface area contributed by atoms with Crippen molar-refractivity contribution in [3.05, 3.63) is 35.4 Å². The molecule has 1 aliphatic rings. The second kappa shape index (κ2) is 3.63. The average Bonchev–Trinajstić information content (AvgIpc) is 2.56. The highest BCUT2D eigenvalue weighted by molar-refractivity contribution is 5.24. The van der Waals surface area contributed by atoms with E-state index in [0.717, 1.165) is 18.2 Å². The SMILES string of the molecule is OC1CCNC1c1cc(F)ccc1F. The highest BCUT2D eigenvalue weighted by Crippen LogP contribution is 2.26. The Kier molecular flexibility index (Phi) is 2.48. The molecule has 0 aliphatic carbocycles. The fourth-order valence-electron chi connectivity index (χ4n) is 1.76. The number of halogens is 2. The van der Waals surface area contributed by atoms with Gasteiger partial charge in [-0.2, -0.15) is 0 Å². The van der Waals surface area contributed by atoms with Crippen molar-refractivity contribution in [3.63, 3.8) is 0 Å². The first-order valence-electron chi connectivity index (χ1n) is 4.55. The van der Waals surface area contributed by atoms with Crippen molar-refractivity contribution in [1.29, 1.82) is 0 Å². The van der Waals surface area contributed by atoms with Gasteiger partial charge >= 0.3 is 0 Å². The third-order valence-corrected chi connectivity index (χ3v) is 2.48. The Balaban J connectivity index is 2.34. The lowest BCUT2D eigenvalue weighted by atomic mass is 10.0. The molecule has 0 saturated carbocycles. The second-order valence-corrected chi connectivity index (χ2v) is 3.45. The van der Waals surface area contributed by atoms with Crippen LogP contribution in [0.2, 0.25) is 0 Å². The quantitative estimate of drug-likeness (QED) is 0.715. The van der Waals surface area contributed by atoms with E-state index in [9.17, 15) is 13.9 Å². The minimum absolute atomic E-state index is 0.204. The molecule has 0 amide bonds. The Hall–Kier alpha value is -1.00. The first kappa shape index (κ1) is 9.55. The summed E-state index contributed by atoms with van der Waals surface area (Å²) in [4.78, 5) is 0. The molecule has 14 heavy (non-hydrogen) atoms. The lowest BCUT2D eigenvalue weighted by molar-refractivity contribution is 0.158. The molecule has 76 valence electrons. The van der Waals surface area contributed by atoms with E-state index in [4.69, 9.17) is 0 Å². The highest BCUT2D eigenvalue weighted by atomic mass is 19.1. The lowest BCUT2D eigenvalue weighted by Crippen LogP contribution is -2.22. The fourth-order valence-corrected chi connectivity index (χ4v) is 1.76. The Morgan fingerprint density at radius 2 is 2.14 bits per heavy atom. The molecule has 1 aliphatic heterocycles. The molecule has 1 heterocycles. The number of hydrogen-bond donors (Lipinski definition) is 2. The number of rotatable bonds is 1. The van der Waals surface area contributed by atoms with Crippen LogP contribution in [0.25, 0.3) is 0 Å². The van der Waals surface area contributed by atoms with E-state index in [1.165, 1.54) is 0 Å². The summed E-state index contributed by atoms with van der Waals surface area (Å²) in [6, 6.07) is 2.80. The van der Waals surface area contributed by atoms with Crippen molar-refractivity contribution in [2.45, 2.75) is 18.6 Å². The first-order valence-corrected chi connectivity index (χ1v) is 4.55. The largest absolute Gasteiger partial charge is 0.391 e. The molecule has 0 bridgehead atoms. The lowest BCUT2D eigenvalue weighted by Gasteiger charge is -2.15. The summed E-state index contributed by atoms with van der Waals surface area (Å²) in [7, 11) is 0. The van der Waals surface area contributed by atoms with Gasteiger partial charge in [-0.3, -0.25) is 0 Å². The van der Waals surface area contributed by atoms with Crippen molar-refractivity contribution < 1.29 is 13.9 Å². The average molecular weight is 199 g/mol. The molecular weight excluding hydrogens is 188 g/mol. The number of nitrogens with one attached hydrogen (secondary N) is 1. The van der Waals surface area contributed by atoms with Gasteiger partial charge in [0.1, 0.15) is 11.6 Å². The van der Waals surface area contributed by atoms with E-state index in [0.29, 0.717) is 13.0 Å². The van der Waals surface area contributed by atoms with Gasteiger partial charge in [-0.1, -0.05) is 0 Å². The summed E-state index contributed by atoms with van der Waals surface area (Å²) in [6.07, 6.45) is -0.0630. The van der Waals surface area contributed by atoms with E-state index in [1.54, 1.807) is 0 Å². The Morgan fingerprint density at radius 1 is 1.36 bits per heavy atom. The predicted octanol–water partition coefficient (Wildman–Crippen LogP) is 1.36. The van der Waals surface area contributed by atoms with Crippen LogP contribution in [0.4, 0.5) is 8.78 Å². The third kappa shape index (κ3) is 1.63. The first-order chi connectivity index (χ1) is 6.68. The molecule has 1 aromatic rings. The molecule has 1 fully saturated rings. The second-order valence-electron chi connectivity index (χ2n) is 3.45. The maximum Gasteiger partial charge on any atom is 0.128 e. The Labute approximate surface area is 80.6 Å². The number of aliphatic hydroxyl groups excluding tert-OH is 1. The molecule has 0 radical (unpaired) electrons. The fraction of sp³-hybridized carbons (Fsp3) is 0.400. The topological polar surface area (TPSA) is 32.3 Å². The number of aliphatic hydroxyl groups is 1. The Bertz CT molecular complexity index is 343. The van der Waals surface area contributed by atoms with Gasteiger partial charge in [0.2, 0.25) is 0 Å². The van der Waals surface area contributed by atoms with Crippen LogP contribution in [-0.4, -0.2) is 17.8 Å². The molecule has 2 atom stereocenters. The molecular formula is C10H11F2NO. The zero-order chi connectivity index (χ0) is 10.1. The van der Waals surface area contributed by atoms with Crippen LogP contribution in [-0.2, 0) is 0 Å². The van der Waals surface area contributed by atoms with Gasteiger partial charge < -0.3 is 10.4 Å². The summed E-state index contributed by atoms with van der Waals surface area (Å²) in [5, 5.41) is 12.4. The highest BCUT2D eigenvalue weighted by Gasteiger charge is 2.28. The summed E-state index contributed by atoms with van der Waals surface area (Å²) < 4.78 is 26.1. The summed E-state index contributed by atoms with van der Waals surface area (Å²) in [5.74, 6) is -0.966. The van der Waals surface area contributed by atoms with Gasteiger partial charge in [0, 0.05) is 5.56 Å². The summed E-state index contributed by atoms with van der Waals surface area (Å²) in [5.41, 5.74) is 0.204. The van der Waals surface area contributed by atoms with Crippen LogP contribution in [0.3, 0.4) is 0 Å². The van der Waals surface area contributed by atoms with Crippen LogP contribution in [0, 0.1) is 11.6 Å². The van der Waals surface area contributed by atoms with Gasteiger partial charge in [-0.25, -0.2) is 8.78 Å². The molecule has 0 aromatic heterocycles. The zero-order valence-corrected chi connectivity index (χ0v) is 7.50. The van der Waals surface area contributed by atoms with Gasteiger partial charge in [0.05, 0.1) is 12.1 Å². The predicted molar refractivity (Wildman–Crippen MR) is 47.7 cm³/mol. The summed E-state index contributed by atoms with van der Waals surface area (Å²) >= 11 is 0. The normalized spacial score (nSPS) is 26.8. The van der Waals surface area contributed by atoms with E-state index < -0.39 is 23.8 Å². The molecule has 0 spiro atoms. The van der Waals surface area contributed by atoms with Crippen LogP contribution in [0.15, 0.2) is 18.2 Å². The van der Waals surface area contributed by atoms with Crippen molar-refractivity contribution in [1.82, 2.24) is 5.32 Å². The smallest absolute Gasteiger partial charge is 0.128 e. The molecule has 2 N–H and O–H groups in total. The molecule has 2 rings (SSSR count). The molecule has 2 nitrogen and oxygen atoms in total. The third-order valence-electron chi connectivity index (χ3n) is 2.48. The minimum atomic E-state index is -0.633. The van der Waals surface area contributed by atoms with Crippen molar-refractivity contribution >= 4 is 0 Å². The maximum absolute atomic E-state index is 13.3. The van der Waals surface area contributed by atoms with E-state index in [1.807, 2.05) is 0 Å². The maximum atomic E-state index is 13.3. The monoisotopic (exact) mass is 199 g/mol. The van der Waals surface area contributed by atoms with Crippen LogP contribution >= 0.6 is 0 Å². The van der Waals surface area contributed by atoms with Crippen molar-refractivity contribution in [3.8, 4) is 0 Å². The molecule has 1 aromatic carbocycles. The molecule has 4 heteroatoms. The Morgan fingerprint density at radius 3 is 2.79 bits per heavy atom. The standard InChI is InChI=1S/C10H11F2NO/c11-6-1-2-8(12)7(5-6)10-9(14)3-4-13-10/h1-2,5,9-10,13-14H,3-4H2. The minimum Gasteiger partial charge on any atom is -0.391 e. The van der Waals surface area contributed by atoms with E-state index >= 15 is 0 Å². The number of hydrogen-bond acceptors (Lipinski definition) is 2.